The molecule has 0 aliphatic carbocycles. The molecule has 3 amide bonds. The van der Waals surface area contributed by atoms with Crippen LogP contribution in [0.2, 0.25) is 5.02 Å². The first-order chi connectivity index (χ1) is 15.3. The van der Waals surface area contributed by atoms with Gasteiger partial charge in [0.2, 0.25) is 5.91 Å². The predicted octanol–water partition coefficient (Wildman–Crippen LogP) is 4.17. The van der Waals surface area contributed by atoms with E-state index in [-0.39, 0.29) is 22.3 Å². The fourth-order valence-corrected chi connectivity index (χ4v) is 3.85. The molecule has 32 heavy (non-hydrogen) atoms. The van der Waals surface area contributed by atoms with E-state index in [1.165, 1.54) is 43.5 Å². The molecule has 1 aliphatic rings. The van der Waals surface area contributed by atoms with Gasteiger partial charge in [-0.2, -0.15) is 0 Å². The molecule has 3 rings (SSSR count). The van der Waals surface area contributed by atoms with Crippen LogP contribution in [0.15, 0.2) is 41.3 Å². The van der Waals surface area contributed by atoms with Crippen LogP contribution in [0.3, 0.4) is 0 Å². The Bertz CT molecular complexity index is 1140. The number of methoxy groups -OCH3 is 1. The highest BCUT2D eigenvalue weighted by Gasteiger charge is 2.36. The summed E-state index contributed by atoms with van der Waals surface area (Å²) in [7, 11) is 1.42. The molecule has 0 bridgehead atoms. The Kier molecular flexibility index (Phi) is 7.41. The summed E-state index contributed by atoms with van der Waals surface area (Å²) in [6.45, 7) is -0.489. The van der Waals surface area contributed by atoms with Crippen LogP contribution in [0, 0.1) is 18.2 Å². The number of ether oxygens (including phenoxy) is 2. The van der Waals surface area contributed by atoms with E-state index in [0.717, 1.165) is 4.90 Å². The van der Waals surface area contributed by atoms with Gasteiger partial charge in [-0.15, -0.1) is 6.42 Å². The van der Waals surface area contributed by atoms with Crippen molar-refractivity contribution in [2.24, 2.45) is 0 Å². The zero-order valence-corrected chi connectivity index (χ0v) is 18.3. The van der Waals surface area contributed by atoms with Gasteiger partial charge in [0, 0.05) is 5.69 Å². The summed E-state index contributed by atoms with van der Waals surface area (Å²) >= 11 is 6.93. The number of hydrogen-bond acceptors (Lipinski definition) is 6. The van der Waals surface area contributed by atoms with Crippen LogP contribution >= 0.6 is 23.4 Å². The number of carbonyl (C=O) groups is 3. The molecular weight excluding hydrogens is 459 g/mol. The van der Waals surface area contributed by atoms with E-state index >= 15 is 0 Å². The van der Waals surface area contributed by atoms with E-state index in [9.17, 15) is 18.8 Å². The number of nitrogens with zero attached hydrogens (tertiary/aromatic N) is 1. The Hall–Kier alpha value is -3.48. The van der Waals surface area contributed by atoms with Crippen molar-refractivity contribution in [3.05, 3.63) is 57.7 Å². The number of rotatable bonds is 7. The van der Waals surface area contributed by atoms with Crippen LogP contribution in [0.5, 0.6) is 11.5 Å². The average Bonchev–Trinajstić information content (AvgIpc) is 3.01. The minimum Gasteiger partial charge on any atom is -0.493 e. The number of nitrogens with one attached hydrogen (secondary N) is 1. The first-order valence-electron chi connectivity index (χ1n) is 9.07. The highest BCUT2D eigenvalue weighted by atomic mass is 35.5. The van der Waals surface area contributed by atoms with Gasteiger partial charge in [0.15, 0.2) is 11.5 Å². The van der Waals surface area contributed by atoms with Gasteiger partial charge < -0.3 is 14.8 Å². The van der Waals surface area contributed by atoms with E-state index < -0.39 is 29.4 Å². The van der Waals surface area contributed by atoms with Crippen LogP contribution in [0.4, 0.5) is 14.9 Å². The van der Waals surface area contributed by atoms with Crippen molar-refractivity contribution in [3.8, 4) is 23.8 Å². The van der Waals surface area contributed by atoms with Gasteiger partial charge in [-0.25, -0.2) is 4.39 Å². The Labute approximate surface area is 192 Å². The van der Waals surface area contributed by atoms with Gasteiger partial charge in [-0.1, -0.05) is 17.5 Å². The Morgan fingerprint density at radius 2 is 2.03 bits per heavy atom. The Morgan fingerprint density at radius 1 is 1.31 bits per heavy atom. The molecular formula is C22H16ClFN2O5S. The fraction of sp³-hybridized carbons (Fsp3) is 0.136. The van der Waals surface area contributed by atoms with Crippen LogP contribution in [-0.2, 0) is 9.59 Å². The van der Waals surface area contributed by atoms with E-state index in [2.05, 4.69) is 11.2 Å². The molecule has 0 unspecified atom stereocenters. The van der Waals surface area contributed by atoms with Crippen molar-refractivity contribution in [3.63, 3.8) is 0 Å². The molecule has 7 nitrogen and oxygen atoms in total. The number of thioether (sulfide) groups is 1. The number of halogens is 2. The third kappa shape index (κ3) is 5.41. The van der Waals surface area contributed by atoms with E-state index in [4.69, 9.17) is 27.5 Å². The van der Waals surface area contributed by atoms with Crippen molar-refractivity contribution in [1.29, 1.82) is 0 Å². The minimum absolute atomic E-state index is 0.00565. The topological polar surface area (TPSA) is 84.9 Å². The number of terminal acetylenes is 1. The lowest BCUT2D eigenvalue weighted by atomic mass is 10.1. The second-order valence-electron chi connectivity index (χ2n) is 6.35. The van der Waals surface area contributed by atoms with Crippen LogP contribution in [0.1, 0.15) is 5.56 Å². The molecule has 2 aromatic carbocycles. The number of amides is 3. The molecule has 0 radical (unpaired) electrons. The van der Waals surface area contributed by atoms with Crippen molar-refractivity contribution < 1.29 is 28.2 Å². The molecule has 1 heterocycles. The molecule has 0 spiro atoms. The van der Waals surface area contributed by atoms with Gasteiger partial charge in [-0.05, 0) is 59.8 Å². The first-order valence-corrected chi connectivity index (χ1v) is 10.3. The zero-order chi connectivity index (χ0) is 23.3. The average molecular weight is 475 g/mol. The number of benzene rings is 2. The highest BCUT2D eigenvalue weighted by Crippen LogP contribution is 2.38. The maximum Gasteiger partial charge on any atom is 0.294 e. The molecule has 164 valence electrons. The summed E-state index contributed by atoms with van der Waals surface area (Å²) in [5, 5.41) is 2.12. The van der Waals surface area contributed by atoms with Crippen molar-refractivity contribution in [2.75, 3.05) is 25.6 Å². The van der Waals surface area contributed by atoms with E-state index in [1.54, 1.807) is 6.07 Å². The summed E-state index contributed by atoms with van der Waals surface area (Å²) in [4.78, 5) is 38.1. The monoisotopic (exact) mass is 474 g/mol. The third-order valence-corrected chi connectivity index (χ3v) is 5.34. The predicted molar refractivity (Wildman–Crippen MR) is 120 cm³/mol. The number of carbonyl (C=O) groups excluding carboxylic acids is 3. The lowest BCUT2D eigenvalue weighted by Crippen LogP contribution is -2.36. The van der Waals surface area contributed by atoms with Gasteiger partial charge in [-0.3, -0.25) is 19.3 Å². The van der Waals surface area contributed by atoms with Crippen molar-refractivity contribution >= 4 is 52.2 Å². The quantitative estimate of drug-likeness (QED) is 0.479. The van der Waals surface area contributed by atoms with Crippen LogP contribution < -0.4 is 14.8 Å². The summed E-state index contributed by atoms with van der Waals surface area (Å²) in [6.07, 6.45) is 6.65. The molecule has 0 aromatic heterocycles. The summed E-state index contributed by atoms with van der Waals surface area (Å²) < 4.78 is 23.6. The molecule has 10 heteroatoms. The molecule has 0 saturated carbocycles. The van der Waals surface area contributed by atoms with Gasteiger partial charge >= 0.3 is 0 Å². The largest absolute Gasteiger partial charge is 0.493 e. The molecule has 1 saturated heterocycles. The first kappa shape index (κ1) is 23.2. The number of imide groups is 1. The number of anilines is 1. The molecule has 1 fully saturated rings. The minimum atomic E-state index is -0.628. The third-order valence-electron chi connectivity index (χ3n) is 4.15. The van der Waals surface area contributed by atoms with Gasteiger partial charge in [0.1, 0.15) is 19.0 Å². The van der Waals surface area contributed by atoms with Crippen LogP contribution in [-0.4, -0.2) is 42.2 Å². The molecule has 2 aromatic rings. The van der Waals surface area contributed by atoms with E-state index in [0.29, 0.717) is 28.8 Å². The van der Waals surface area contributed by atoms with Crippen molar-refractivity contribution in [1.82, 2.24) is 4.90 Å². The molecule has 1 aliphatic heterocycles. The highest BCUT2D eigenvalue weighted by molar-refractivity contribution is 8.18. The second-order valence-corrected chi connectivity index (χ2v) is 7.75. The summed E-state index contributed by atoms with van der Waals surface area (Å²) in [5.41, 5.74) is 0.828. The van der Waals surface area contributed by atoms with Crippen LogP contribution in [0.25, 0.3) is 6.08 Å². The Balaban J connectivity index is 1.75. The SMILES string of the molecule is C#CCOc1c(Cl)cc(/C=C2\SC(=O)N(CC(=O)Nc3ccc(F)cc3)C2=O)cc1OC. The lowest BCUT2D eigenvalue weighted by molar-refractivity contribution is -0.127. The molecule has 1 N–H and O–H groups in total. The smallest absolute Gasteiger partial charge is 0.294 e. The standard InChI is InChI=1S/C22H16ClFN2O5S/c1-3-8-31-20-16(23)9-13(10-17(20)30-2)11-18-21(28)26(22(29)32-18)12-19(27)25-15-6-4-14(24)5-7-15/h1,4-7,9-11H,8,12H2,2H3,(H,25,27)/b18-11-. The fourth-order valence-electron chi connectivity index (χ4n) is 2.74. The van der Waals surface area contributed by atoms with Gasteiger partial charge in [0.25, 0.3) is 11.1 Å². The normalized spacial score (nSPS) is 14.4. The molecule has 0 atom stereocenters. The Morgan fingerprint density at radius 3 is 2.69 bits per heavy atom. The van der Waals surface area contributed by atoms with E-state index in [1.807, 2.05) is 0 Å². The maximum atomic E-state index is 13.0. The lowest BCUT2D eigenvalue weighted by Gasteiger charge is -2.13. The number of hydrogen-bond donors (Lipinski definition) is 1. The maximum absolute atomic E-state index is 13.0. The van der Waals surface area contributed by atoms with Crippen molar-refractivity contribution in [2.45, 2.75) is 0 Å². The van der Waals surface area contributed by atoms with Gasteiger partial charge in [0.05, 0.1) is 17.0 Å². The summed E-state index contributed by atoms with van der Waals surface area (Å²) in [5.74, 6) is 1.21. The second kappa shape index (κ2) is 10.2. The zero-order valence-electron chi connectivity index (χ0n) is 16.7. The summed E-state index contributed by atoms with van der Waals surface area (Å²) in [6, 6.07) is 8.21.